The number of aliphatic imine (C=N–C) groups is 1. The Balaban J connectivity index is 2.08. The lowest BCUT2D eigenvalue weighted by Gasteiger charge is -2.08. The molecule has 1 aromatic rings. The number of rotatable bonds is 7. The van der Waals surface area contributed by atoms with Gasteiger partial charge in [0, 0.05) is 30.6 Å². The number of aromatic hydroxyl groups is 1. The molecule has 2 rings (SSSR count). The van der Waals surface area contributed by atoms with Crippen LogP contribution in [0.3, 0.4) is 0 Å². The summed E-state index contributed by atoms with van der Waals surface area (Å²) in [5, 5.41) is 10.8. The Morgan fingerprint density at radius 2 is 2.26 bits per heavy atom. The number of carbonyl (C=O) groups excluding carboxylic acids is 1. The molecule has 6 nitrogen and oxygen atoms in total. The summed E-state index contributed by atoms with van der Waals surface area (Å²) in [5.74, 6) is 0.816. The van der Waals surface area contributed by atoms with Crippen molar-refractivity contribution >= 4 is 22.8 Å². The fraction of sp³-hybridized carbons (Fsp3) is 0.375. The molecule has 0 spiro atoms. The van der Waals surface area contributed by atoms with Gasteiger partial charge in [0.05, 0.1) is 18.9 Å². The topological polar surface area (TPSA) is 77.4 Å². The lowest BCUT2D eigenvalue weighted by atomic mass is 10.2. The molecule has 0 atom stereocenters. The molecule has 1 aromatic carbocycles. The molecule has 0 radical (unpaired) electrons. The minimum Gasteiger partial charge on any atom is -0.507 e. The lowest BCUT2D eigenvalue weighted by molar-refractivity contribution is -0.137. The number of benzene rings is 1. The summed E-state index contributed by atoms with van der Waals surface area (Å²) in [6.45, 7) is 2.98. The second-order valence-corrected chi connectivity index (χ2v) is 5.58. The monoisotopic (exact) mass is 337 g/mol. The summed E-state index contributed by atoms with van der Waals surface area (Å²) >= 11 is 1.46. The van der Waals surface area contributed by atoms with Crippen molar-refractivity contribution in [2.45, 2.75) is 6.92 Å². The molecule has 0 saturated carbocycles. The molecule has 1 N–H and O–H groups in total. The molecular weight excluding hydrogens is 318 g/mol. The number of methoxy groups -OCH3 is 1. The van der Waals surface area contributed by atoms with Crippen molar-refractivity contribution in [3.63, 3.8) is 0 Å². The predicted molar refractivity (Wildman–Crippen MR) is 89.2 cm³/mol. The van der Waals surface area contributed by atoms with Crippen molar-refractivity contribution in [1.29, 1.82) is 0 Å². The smallest absolute Gasteiger partial charge is 0.332 e. The minimum absolute atomic E-state index is 0.0866. The first-order valence-corrected chi connectivity index (χ1v) is 8.16. The average molecular weight is 337 g/mol. The Morgan fingerprint density at radius 1 is 1.43 bits per heavy atom. The molecule has 7 heteroatoms. The van der Waals surface area contributed by atoms with E-state index >= 15 is 0 Å². The maximum atomic E-state index is 11.4. The first-order valence-electron chi connectivity index (χ1n) is 7.18. The third kappa shape index (κ3) is 5.01. The van der Waals surface area contributed by atoms with Gasteiger partial charge in [0.1, 0.15) is 23.1 Å². The largest absolute Gasteiger partial charge is 0.507 e. The standard InChI is InChI=1S/C16H19NO5S/c1-3-21-15(19)8-11-10-23-16(17-11)13-5-4-12(9-14(13)18)22-7-6-20-2/h4-5,8-9,18H,3,6-7,10H2,1-2H3/b11-8-. The maximum absolute atomic E-state index is 11.4. The summed E-state index contributed by atoms with van der Waals surface area (Å²) < 4.78 is 15.2. The van der Waals surface area contributed by atoms with E-state index in [9.17, 15) is 9.90 Å². The number of esters is 1. The molecule has 0 saturated heterocycles. The molecule has 0 bridgehead atoms. The van der Waals surface area contributed by atoms with Gasteiger partial charge in [0.25, 0.3) is 0 Å². The molecule has 124 valence electrons. The number of thioether (sulfide) groups is 1. The van der Waals surface area contributed by atoms with Gasteiger partial charge in [-0.15, -0.1) is 0 Å². The normalized spacial score (nSPS) is 15.6. The number of carbonyl (C=O) groups is 1. The van der Waals surface area contributed by atoms with Crippen LogP contribution in [-0.2, 0) is 14.3 Å². The zero-order chi connectivity index (χ0) is 16.7. The Labute approximate surface area is 139 Å². The van der Waals surface area contributed by atoms with Gasteiger partial charge in [-0.25, -0.2) is 9.79 Å². The third-order valence-electron chi connectivity index (χ3n) is 2.93. The van der Waals surface area contributed by atoms with Crippen molar-refractivity contribution in [3.05, 3.63) is 35.5 Å². The highest BCUT2D eigenvalue weighted by atomic mass is 32.2. The molecule has 1 aliphatic rings. The first-order chi connectivity index (χ1) is 11.1. The number of hydrogen-bond donors (Lipinski definition) is 1. The van der Waals surface area contributed by atoms with Crippen LogP contribution in [0.25, 0.3) is 0 Å². The van der Waals surface area contributed by atoms with Crippen molar-refractivity contribution < 1.29 is 24.1 Å². The fourth-order valence-corrected chi connectivity index (χ4v) is 2.84. The zero-order valence-corrected chi connectivity index (χ0v) is 13.9. The summed E-state index contributed by atoms with van der Waals surface area (Å²) in [7, 11) is 1.60. The minimum atomic E-state index is -0.404. The quantitative estimate of drug-likeness (QED) is 0.467. The van der Waals surface area contributed by atoms with Crippen LogP contribution < -0.4 is 4.74 Å². The molecule has 23 heavy (non-hydrogen) atoms. The van der Waals surface area contributed by atoms with Crippen LogP contribution in [0.2, 0.25) is 0 Å². The van der Waals surface area contributed by atoms with Gasteiger partial charge >= 0.3 is 5.97 Å². The molecule has 1 heterocycles. The van der Waals surface area contributed by atoms with E-state index in [-0.39, 0.29) is 5.75 Å². The van der Waals surface area contributed by atoms with Crippen LogP contribution in [0, 0.1) is 0 Å². The molecular formula is C16H19NO5S. The van der Waals surface area contributed by atoms with Crippen molar-refractivity contribution in [3.8, 4) is 11.5 Å². The van der Waals surface area contributed by atoms with E-state index in [1.54, 1.807) is 32.2 Å². The van der Waals surface area contributed by atoms with E-state index in [0.29, 0.717) is 47.6 Å². The molecule has 0 aromatic heterocycles. The molecule has 0 aliphatic carbocycles. The highest BCUT2D eigenvalue weighted by Crippen LogP contribution is 2.32. The first kappa shape index (κ1) is 17.4. The zero-order valence-electron chi connectivity index (χ0n) is 13.1. The molecule has 0 unspecified atom stereocenters. The molecule has 1 aliphatic heterocycles. The highest BCUT2D eigenvalue weighted by Gasteiger charge is 2.18. The Hall–Kier alpha value is -1.99. The van der Waals surface area contributed by atoms with E-state index < -0.39 is 5.97 Å². The van der Waals surface area contributed by atoms with E-state index in [0.717, 1.165) is 0 Å². The van der Waals surface area contributed by atoms with Gasteiger partial charge in [-0.05, 0) is 19.1 Å². The number of phenols is 1. The van der Waals surface area contributed by atoms with Gasteiger partial charge in [-0.1, -0.05) is 11.8 Å². The Kier molecular flexibility index (Phi) is 6.49. The average Bonchev–Trinajstić information content (AvgIpc) is 2.96. The summed E-state index contributed by atoms with van der Waals surface area (Å²) in [6, 6.07) is 5.05. The van der Waals surface area contributed by atoms with Gasteiger partial charge in [0.2, 0.25) is 0 Å². The van der Waals surface area contributed by atoms with E-state index in [1.165, 1.54) is 17.8 Å². The van der Waals surface area contributed by atoms with Crippen LogP contribution in [0.4, 0.5) is 0 Å². The number of nitrogens with zero attached hydrogens (tertiary/aromatic N) is 1. The Bertz CT molecular complexity index is 627. The van der Waals surface area contributed by atoms with E-state index in [1.807, 2.05) is 0 Å². The Morgan fingerprint density at radius 3 is 2.96 bits per heavy atom. The van der Waals surface area contributed by atoms with E-state index in [4.69, 9.17) is 14.2 Å². The van der Waals surface area contributed by atoms with Gasteiger partial charge in [-0.2, -0.15) is 0 Å². The SMILES string of the molecule is CCOC(=O)/C=C1/CSC(c2ccc(OCCOC)cc2O)=N1. The van der Waals surface area contributed by atoms with Crippen molar-refractivity contribution in [2.75, 3.05) is 32.7 Å². The summed E-state index contributed by atoms with van der Waals surface area (Å²) in [5.41, 5.74) is 1.24. The van der Waals surface area contributed by atoms with Crippen LogP contribution in [0.15, 0.2) is 35.0 Å². The third-order valence-corrected chi connectivity index (χ3v) is 3.95. The van der Waals surface area contributed by atoms with Crippen LogP contribution in [-0.4, -0.2) is 48.8 Å². The summed E-state index contributed by atoms with van der Waals surface area (Å²) in [4.78, 5) is 15.8. The van der Waals surface area contributed by atoms with Gasteiger partial charge in [-0.3, -0.25) is 0 Å². The van der Waals surface area contributed by atoms with Crippen LogP contribution in [0.5, 0.6) is 11.5 Å². The lowest BCUT2D eigenvalue weighted by Crippen LogP contribution is -2.04. The number of phenolic OH excluding ortho intramolecular Hbond substituents is 1. The number of ether oxygens (including phenoxy) is 3. The summed E-state index contributed by atoms with van der Waals surface area (Å²) in [6.07, 6.45) is 1.38. The molecule has 0 fully saturated rings. The second-order valence-electron chi connectivity index (χ2n) is 4.61. The van der Waals surface area contributed by atoms with Crippen molar-refractivity contribution in [2.24, 2.45) is 4.99 Å². The molecule has 0 amide bonds. The predicted octanol–water partition coefficient (Wildman–Crippen LogP) is 2.36. The highest BCUT2D eigenvalue weighted by molar-refractivity contribution is 8.14. The van der Waals surface area contributed by atoms with Crippen LogP contribution in [0.1, 0.15) is 12.5 Å². The number of hydrogen-bond acceptors (Lipinski definition) is 7. The van der Waals surface area contributed by atoms with Crippen molar-refractivity contribution in [1.82, 2.24) is 0 Å². The van der Waals surface area contributed by atoms with Crippen LogP contribution >= 0.6 is 11.8 Å². The fourth-order valence-electron chi connectivity index (χ4n) is 1.89. The van der Waals surface area contributed by atoms with Gasteiger partial charge in [0.15, 0.2) is 0 Å². The van der Waals surface area contributed by atoms with E-state index in [2.05, 4.69) is 4.99 Å². The maximum Gasteiger partial charge on any atom is 0.332 e. The van der Waals surface area contributed by atoms with Gasteiger partial charge < -0.3 is 19.3 Å². The second kappa shape index (κ2) is 8.59.